The van der Waals surface area contributed by atoms with Gasteiger partial charge in [0.05, 0.1) is 0 Å². The average molecular weight is 167 g/mol. The Morgan fingerprint density at radius 3 is 2.82 bits per heavy atom. The SMILES string of the molecule is CC1(c2cscc2CN)CC1. The van der Waals surface area contributed by atoms with Gasteiger partial charge in [-0.2, -0.15) is 11.3 Å². The molecule has 1 nitrogen and oxygen atoms in total. The molecule has 2 N–H and O–H groups in total. The Balaban J connectivity index is 2.36. The van der Waals surface area contributed by atoms with Gasteiger partial charge in [-0.15, -0.1) is 0 Å². The van der Waals surface area contributed by atoms with E-state index < -0.39 is 0 Å². The van der Waals surface area contributed by atoms with E-state index in [1.807, 2.05) is 0 Å². The first kappa shape index (κ1) is 7.32. The van der Waals surface area contributed by atoms with Gasteiger partial charge < -0.3 is 5.73 Å². The summed E-state index contributed by atoms with van der Waals surface area (Å²) in [4.78, 5) is 0. The molecule has 0 unspecified atom stereocenters. The third-order valence-corrected chi connectivity index (χ3v) is 3.40. The van der Waals surface area contributed by atoms with Crippen molar-refractivity contribution in [2.45, 2.75) is 31.7 Å². The Labute approximate surface area is 71.2 Å². The standard InChI is InChI=1S/C9H13NS/c1-9(2-3-9)8-6-11-5-7(8)4-10/h5-6H,2-4,10H2,1H3. The number of hydrogen-bond acceptors (Lipinski definition) is 2. The van der Waals surface area contributed by atoms with E-state index in [1.54, 1.807) is 11.3 Å². The van der Waals surface area contributed by atoms with Crippen LogP contribution < -0.4 is 5.73 Å². The van der Waals surface area contributed by atoms with Crippen molar-refractivity contribution < 1.29 is 0 Å². The van der Waals surface area contributed by atoms with Crippen LogP contribution in [0.15, 0.2) is 10.8 Å². The van der Waals surface area contributed by atoms with Gasteiger partial charge in [0.1, 0.15) is 0 Å². The minimum absolute atomic E-state index is 0.495. The fourth-order valence-electron chi connectivity index (χ4n) is 1.47. The lowest BCUT2D eigenvalue weighted by Crippen LogP contribution is -2.05. The topological polar surface area (TPSA) is 26.0 Å². The summed E-state index contributed by atoms with van der Waals surface area (Å²) in [6.07, 6.45) is 2.69. The van der Waals surface area contributed by atoms with E-state index in [0.717, 1.165) is 0 Å². The molecule has 2 heteroatoms. The summed E-state index contributed by atoms with van der Waals surface area (Å²) in [5.41, 5.74) is 8.98. The van der Waals surface area contributed by atoms with Crippen LogP contribution in [0.25, 0.3) is 0 Å². The first-order chi connectivity index (χ1) is 5.26. The molecule has 0 aromatic carbocycles. The molecular weight excluding hydrogens is 154 g/mol. The maximum Gasteiger partial charge on any atom is 0.0189 e. The molecule has 0 aliphatic heterocycles. The predicted octanol–water partition coefficient (Wildman–Crippen LogP) is 2.26. The molecule has 1 aliphatic rings. The minimum atomic E-state index is 0.495. The summed E-state index contributed by atoms with van der Waals surface area (Å²) < 4.78 is 0. The van der Waals surface area contributed by atoms with Gasteiger partial charge in [-0.25, -0.2) is 0 Å². The molecule has 1 saturated carbocycles. The highest BCUT2D eigenvalue weighted by molar-refractivity contribution is 7.08. The minimum Gasteiger partial charge on any atom is -0.326 e. The fraction of sp³-hybridized carbons (Fsp3) is 0.556. The normalized spacial score (nSPS) is 20.2. The monoisotopic (exact) mass is 167 g/mol. The predicted molar refractivity (Wildman–Crippen MR) is 48.8 cm³/mol. The van der Waals surface area contributed by atoms with Crippen LogP contribution in [0.4, 0.5) is 0 Å². The summed E-state index contributed by atoms with van der Waals surface area (Å²) in [5.74, 6) is 0. The first-order valence-electron chi connectivity index (χ1n) is 4.02. The number of rotatable bonds is 2. The molecule has 0 amide bonds. The van der Waals surface area contributed by atoms with E-state index in [-0.39, 0.29) is 0 Å². The number of nitrogens with two attached hydrogens (primary N) is 1. The second-order valence-electron chi connectivity index (χ2n) is 3.58. The summed E-state index contributed by atoms with van der Waals surface area (Å²) >= 11 is 1.78. The van der Waals surface area contributed by atoms with Crippen LogP contribution in [0.3, 0.4) is 0 Å². The van der Waals surface area contributed by atoms with Crippen molar-refractivity contribution in [3.8, 4) is 0 Å². The molecule has 1 fully saturated rings. The van der Waals surface area contributed by atoms with Crippen LogP contribution in [-0.2, 0) is 12.0 Å². The molecule has 1 aromatic heterocycles. The maximum atomic E-state index is 5.63. The summed E-state index contributed by atoms with van der Waals surface area (Å²) in [6, 6.07) is 0. The summed E-state index contributed by atoms with van der Waals surface area (Å²) in [5, 5.41) is 4.44. The first-order valence-corrected chi connectivity index (χ1v) is 4.96. The Hall–Kier alpha value is -0.340. The smallest absolute Gasteiger partial charge is 0.0189 e. The van der Waals surface area contributed by atoms with Gasteiger partial charge in [-0.3, -0.25) is 0 Å². The van der Waals surface area contributed by atoms with Gasteiger partial charge in [0, 0.05) is 6.54 Å². The highest BCUT2D eigenvalue weighted by Gasteiger charge is 2.40. The van der Waals surface area contributed by atoms with E-state index in [4.69, 9.17) is 5.73 Å². The van der Waals surface area contributed by atoms with Crippen LogP contribution in [0.1, 0.15) is 30.9 Å². The van der Waals surface area contributed by atoms with Crippen molar-refractivity contribution in [3.63, 3.8) is 0 Å². The van der Waals surface area contributed by atoms with Gasteiger partial charge in [0.2, 0.25) is 0 Å². The van der Waals surface area contributed by atoms with Gasteiger partial charge in [-0.1, -0.05) is 6.92 Å². The lowest BCUT2D eigenvalue weighted by molar-refractivity contribution is 0.775. The van der Waals surface area contributed by atoms with Crippen molar-refractivity contribution in [1.82, 2.24) is 0 Å². The van der Waals surface area contributed by atoms with E-state index >= 15 is 0 Å². The fourth-order valence-corrected chi connectivity index (χ4v) is 2.50. The zero-order chi connectivity index (χ0) is 7.90. The van der Waals surface area contributed by atoms with Crippen molar-refractivity contribution >= 4 is 11.3 Å². The molecule has 0 atom stereocenters. The average Bonchev–Trinajstić information content (AvgIpc) is 2.61. The van der Waals surface area contributed by atoms with Crippen molar-refractivity contribution in [3.05, 3.63) is 21.9 Å². The zero-order valence-electron chi connectivity index (χ0n) is 6.76. The highest BCUT2D eigenvalue weighted by atomic mass is 32.1. The van der Waals surface area contributed by atoms with Crippen LogP contribution in [0, 0.1) is 0 Å². The lowest BCUT2D eigenvalue weighted by Gasteiger charge is -2.07. The van der Waals surface area contributed by atoms with Gasteiger partial charge >= 0.3 is 0 Å². The lowest BCUT2D eigenvalue weighted by atomic mass is 9.98. The van der Waals surface area contributed by atoms with Crippen molar-refractivity contribution in [2.24, 2.45) is 5.73 Å². The highest BCUT2D eigenvalue weighted by Crippen LogP contribution is 2.49. The van der Waals surface area contributed by atoms with E-state index in [1.165, 1.54) is 24.0 Å². The Morgan fingerprint density at radius 1 is 1.55 bits per heavy atom. The van der Waals surface area contributed by atoms with Gasteiger partial charge in [0.25, 0.3) is 0 Å². The second kappa shape index (κ2) is 2.32. The molecule has 0 saturated heterocycles. The van der Waals surface area contributed by atoms with E-state index in [9.17, 15) is 0 Å². The Morgan fingerprint density at radius 2 is 2.27 bits per heavy atom. The van der Waals surface area contributed by atoms with Gasteiger partial charge in [0.15, 0.2) is 0 Å². The van der Waals surface area contributed by atoms with E-state index in [0.29, 0.717) is 12.0 Å². The van der Waals surface area contributed by atoms with Crippen molar-refractivity contribution in [1.29, 1.82) is 0 Å². The molecule has 1 heterocycles. The Bertz CT molecular complexity index is 260. The molecule has 60 valence electrons. The second-order valence-corrected chi connectivity index (χ2v) is 4.32. The number of thiophene rings is 1. The molecule has 0 spiro atoms. The molecule has 11 heavy (non-hydrogen) atoms. The largest absolute Gasteiger partial charge is 0.326 e. The molecule has 2 rings (SSSR count). The molecule has 1 aromatic rings. The quantitative estimate of drug-likeness (QED) is 0.718. The maximum absolute atomic E-state index is 5.63. The molecule has 0 bridgehead atoms. The molecular formula is C9H13NS. The number of hydrogen-bond donors (Lipinski definition) is 1. The third-order valence-electron chi connectivity index (χ3n) is 2.61. The molecule has 1 aliphatic carbocycles. The third kappa shape index (κ3) is 1.10. The van der Waals surface area contributed by atoms with E-state index in [2.05, 4.69) is 17.7 Å². The van der Waals surface area contributed by atoms with Crippen LogP contribution in [-0.4, -0.2) is 0 Å². The van der Waals surface area contributed by atoms with Crippen LogP contribution in [0.5, 0.6) is 0 Å². The van der Waals surface area contributed by atoms with Crippen LogP contribution >= 0.6 is 11.3 Å². The summed E-state index contributed by atoms with van der Waals surface area (Å²) in [7, 11) is 0. The molecule has 0 radical (unpaired) electrons. The zero-order valence-corrected chi connectivity index (χ0v) is 7.58. The van der Waals surface area contributed by atoms with Crippen molar-refractivity contribution in [2.75, 3.05) is 0 Å². The Kier molecular flexibility index (Phi) is 1.55. The summed E-state index contributed by atoms with van der Waals surface area (Å²) in [6.45, 7) is 3.03. The van der Waals surface area contributed by atoms with Gasteiger partial charge in [-0.05, 0) is 40.1 Å². The van der Waals surface area contributed by atoms with Crippen LogP contribution in [0.2, 0.25) is 0 Å².